The molecule has 0 fully saturated rings. The van der Waals surface area contributed by atoms with Crippen molar-refractivity contribution in [3.63, 3.8) is 0 Å². The van der Waals surface area contributed by atoms with Crippen LogP contribution in [0.5, 0.6) is 0 Å². The van der Waals surface area contributed by atoms with E-state index in [9.17, 15) is 0 Å². The van der Waals surface area contributed by atoms with Gasteiger partial charge >= 0.3 is 0 Å². The number of guanidine groups is 1. The Bertz CT molecular complexity index is 591. The fraction of sp³-hybridized carbons (Fsp3) is 0.353. The van der Waals surface area contributed by atoms with Gasteiger partial charge in [0.25, 0.3) is 0 Å². The minimum absolute atomic E-state index is 0. The summed E-state index contributed by atoms with van der Waals surface area (Å²) in [4.78, 5) is 6.53. The molecule has 0 aliphatic rings. The van der Waals surface area contributed by atoms with Gasteiger partial charge in [-0.2, -0.15) is 0 Å². The molecule has 0 bridgehead atoms. The molecule has 0 radical (unpaired) electrons. The zero-order valence-corrected chi connectivity index (χ0v) is 15.1. The number of nitrogens with zero attached hydrogens (tertiary/aromatic N) is 2. The molecule has 21 heavy (non-hydrogen) atoms. The monoisotopic (exact) mass is 397 g/mol. The summed E-state index contributed by atoms with van der Waals surface area (Å²) in [6, 6.07) is 15.0. The topological polar surface area (TPSA) is 41.6 Å². The van der Waals surface area contributed by atoms with Gasteiger partial charge in [-0.3, -0.25) is 4.99 Å². The lowest BCUT2D eigenvalue weighted by Crippen LogP contribution is -2.37. The molecular formula is C17H24IN3. The fourth-order valence-electron chi connectivity index (χ4n) is 2.34. The lowest BCUT2D eigenvalue weighted by molar-refractivity contribution is 0.458. The van der Waals surface area contributed by atoms with Crippen LogP contribution >= 0.6 is 24.0 Å². The van der Waals surface area contributed by atoms with Gasteiger partial charge < -0.3 is 10.6 Å². The van der Waals surface area contributed by atoms with Crippen LogP contribution in [0.3, 0.4) is 0 Å². The second-order valence-electron chi connectivity index (χ2n) is 4.84. The van der Waals surface area contributed by atoms with E-state index in [0.717, 1.165) is 26.1 Å². The predicted molar refractivity (Wildman–Crippen MR) is 102 cm³/mol. The van der Waals surface area contributed by atoms with Crippen molar-refractivity contribution in [3.8, 4) is 0 Å². The number of fused-ring (bicyclic) bond motifs is 1. The van der Waals surface area contributed by atoms with Gasteiger partial charge in [-0.1, -0.05) is 42.5 Å². The summed E-state index contributed by atoms with van der Waals surface area (Å²) in [5.41, 5.74) is 7.27. The van der Waals surface area contributed by atoms with E-state index in [1.807, 2.05) is 0 Å². The van der Waals surface area contributed by atoms with Crippen molar-refractivity contribution in [2.45, 2.75) is 20.3 Å². The number of benzene rings is 2. The SMILES string of the molecule is CCN(CC)C(N)=NCCc1ccc2ccccc2c1.I. The smallest absolute Gasteiger partial charge is 0.191 e. The molecule has 0 atom stereocenters. The summed E-state index contributed by atoms with van der Waals surface area (Å²) < 4.78 is 0. The first-order valence-corrected chi connectivity index (χ1v) is 7.27. The second-order valence-corrected chi connectivity index (χ2v) is 4.84. The van der Waals surface area contributed by atoms with Gasteiger partial charge in [0.1, 0.15) is 0 Å². The van der Waals surface area contributed by atoms with Crippen LogP contribution < -0.4 is 5.73 Å². The Morgan fingerprint density at radius 2 is 1.71 bits per heavy atom. The van der Waals surface area contributed by atoms with E-state index in [1.54, 1.807) is 0 Å². The van der Waals surface area contributed by atoms with E-state index in [1.165, 1.54) is 16.3 Å². The molecule has 0 spiro atoms. The third-order valence-corrected chi connectivity index (χ3v) is 3.58. The standard InChI is InChI=1S/C17H23N3.HI/c1-3-20(4-2)17(18)19-12-11-14-9-10-15-7-5-6-8-16(15)13-14;/h5-10,13H,3-4,11-12H2,1-2H3,(H2,18,19);1H. The van der Waals surface area contributed by atoms with Gasteiger partial charge in [0.2, 0.25) is 0 Å². The molecule has 4 heteroatoms. The molecule has 0 saturated heterocycles. The summed E-state index contributed by atoms with van der Waals surface area (Å²) in [6.45, 7) is 6.73. The number of rotatable bonds is 5. The van der Waals surface area contributed by atoms with Gasteiger partial charge in [0, 0.05) is 19.6 Å². The normalized spacial score (nSPS) is 11.2. The molecule has 0 amide bonds. The Labute approximate surface area is 144 Å². The summed E-state index contributed by atoms with van der Waals surface area (Å²) in [5.74, 6) is 0.649. The number of hydrogen-bond donors (Lipinski definition) is 1. The van der Waals surface area contributed by atoms with Crippen LogP contribution in [0, 0.1) is 0 Å². The van der Waals surface area contributed by atoms with Gasteiger partial charge in [0.15, 0.2) is 5.96 Å². The quantitative estimate of drug-likeness (QED) is 0.475. The summed E-state index contributed by atoms with van der Waals surface area (Å²) in [7, 11) is 0. The second kappa shape index (κ2) is 8.87. The minimum Gasteiger partial charge on any atom is -0.370 e. The van der Waals surface area contributed by atoms with Crippen LogP contribution in [0.1, 0.15) is 19.4 Å². The van der Waals surface area contributed by atoms with Crippen molar-refractivity contribution >= 4 is 40.7 Å². The first-order valence-electron chi connectivity index (χ1n) is 7.27. The molecule has 0 heterocycles. The van der Waals surface area contributed by atoms with E-state index in [-0.39, 0.29) is 24.0 Å². The highest BCUT2D eigenvalue weighted by atomic mass is 127. The van der Waals surface area contributed by atoms with Crippen LogP contribution in [0.2, 0.25) is 0 Å². The highest BCUT2D eigenvalue weighted by Gasteiger charge is 2.01. The highest BCUT2D eigenvalue weighted by molar-refractivity contribution is 14.0. The Hall–Kier alpha value is -1.30. The zero-order valence-electron chi connectivity index (χ0n) is 12.7. The van der Waals surface area contributed by atoms with Crippen molar-refractivity contribution in [2.75, 3.05) is 19.6 Å². The maximum absolute atomic E-state index is 5.97. The molecule has 0 aliphatic carbocycles. The van der Waals surface area contributed by atoms with Crippen molar-refractivity contribution in [2.24, 2.45) is 10.7 Å². The molecule has 0 unspecified atom stereocenters. The van der Waals surface area contributed by atoms with E-state index in [0.29, 0.717) is 5.96 Å². The van der Waals surface area contributed by atoms with Crippen molar-refractivity contribution in [1.82, 2.24) is 4.90 Å². The van der Waals surface area contributed by atoms with Crippen LogP contribution in [0.4, 0.5) is 0 Å². The van der Waals surface area contributed by atoms with Crippen LogP contribution in [0.25, 0.3) is 10.8 Å². The summed E-state index contributed by atoms with van der Waals surface area (Å²) >= 11 is 0. The molecule has 0 aromatic heterocycles. The van der Waals surface area contributed by atoms with Crippen molar-refractivity contribution in [1.29, 1.82) is 0 Å². The molecule has 0 saturated carbocycles. The number of hydrogen-bond acceptors (Lipinski definition) is 1. The Balaban J connectivity index is 0.00000220. The largest absolute Gasteiger partial charge is 0.370 e. The highest BCUT2D eigenvalue weighted by Crippen LogP contribution is 2.15. The Kier molecular flexibility index (Phi) is 7.50. The van der Waals surface area contributed by atoms with Gasteiger partial charge in [-0.25, -0.2) is 0 Å². The Morgan fingerprint density at radius 3 is 2.38 bits per heavy atom. The maximum atomic E-state index is 5.97. The maximum Gasteiger partial charge on any atom is 0.191 e. The van der Waals surface area contributed by atoms with E-state index >= 15 is 0 Å². The van der Waals surface area contributed by atoms with Gasteiger partial charge in [0.05, 0.1) is 0 Å². The molecular weight excluding hydrogens is 373 g/mol. The zero-order chi connectivity index (χ0) is 14.4. The predicted octanol–water partition coefficient (Wildman–Crippen LogP) is 3.66. The molecule has 0 aliphatic heterocycles. The average molecular weight is 397 g/mol. The first kappa shape index (κ1) is 17.8. The van der Waals surface area contributed by atoms with Crippen molar-refractivity contribution < 1.29 is 0 Å². The first-order chi connectivity index (χ1) is 9.74. The third-order valence-electron chi connectivity index (χ3n) is 3.58. The molecule has 2 aromatic rings. The lowest BCUT2D eigenvalue weighted by Gasteiger charge is -2.19. The number of halogens is 1. The van der Waals surface area contributed by atoms with Gasteiger partial charge in [-0.15, -0.1) is 24.0 Å². The lowest BCUT2D eigenvalue weighted by atomic mass is 10.1. The number of aliphatic imine (C=N–C) groups is 1. The van der Waals surface area contributed by atoms with Crippen LogP contribution in [-0.2, 0) is 6.42 Å². The van der Waals surface area contributed by atoms with Crippen LogP contribution in [0.15, 0.2) is 47.5 Å². The third kappa shape index (κ3) is 4.88. The Morgan fingerprint density at radius 1 is 1.05 bits per heavy atom. The average Bonchev–Trinajstić information content (AvgIpc) is 2.48. The molecule has 114 valence electrons. The minimum atomic E-state index is 0. The van der Waals surface area contributed by atoms with E-state index < -0.39 is 0 Å². The number of nitrogens with two attached hydrogens (primary N) is 1. The molecule has 2 aromatic carbocycles. The molecule has 3 nitrogen and oxygen atoms in total. The molecule has 2 N–H and O–H groups in total. The van der Waals surface area contributed by atoms with Gasteiger partial charge in [-0.05, 0) is 36.6 Å². The van der Waals surface area contributed by atoms with Crippen LogP contribution in [-0.4, -0.2) is 30.5 Å². The molecule has 2 rings (SSSR count). The summed E-state index contributed by atoms with van der Waals surface area (Å²) in [5, 5.41) is 2.56. The van der Waals surface area contributed by atoms with Crippen molar-refractivity contribution in [3.05, 3.63) is 48.0 Å². The van der Waals surface area contributed by atoms with E-state index in [4.69, 9.17) is 5.73 Å². The van der Waals surface area contributed by atoms with E-state index in [2.05, 4.69) is 66.2 Å². The summed E-state index contributed by atoms with van der Waals surface area (Å²) in [6.07, 6.45) is 0.923. The fourth-order valence-corrected chi connectivity index (χ4v) is 2.34.